The molecule has 1 amide bonds. The number of nitrogens with two attached hydrogens (primary N) is 1. The molecule has 0 fully saturated rings. The summed E-state index contributed by atoms with van der Waals surface area (Å²) in [6, 6.07) is 11.3. The van der Waals surface area contributed by atoms with Gasteiger partial charge in [-0.3, -0.25) is 14.8 Å². The Hall–Kier alpha value is -3.41. The summed E-state index contributed by atoms with van der Waals surface area (Å²) in [4.78, 5) is 23.6. The van der Waals surface area contributed by atoms with E-state index in [-0.39, 0.29) is 12.5 Å². The molecule has 3 aromatic rings. The number of fused-ring (bicyclic) bond motifs is 1. The highest BCUT2D eigenvalue weighted by Crippen LogP contribution is 2.25. The lowest BCUT2D eigenvalue weighted by atomic mass is 10.1. The molecule has 0 aliphatic rings. The number of nitrogens with one attached hydrogen (secondary N) is 2. The number of rotatable bonds is 5. The molecule has 0 atom stereocenters. The van der Waals surface area contributed by atoms with Gasteiger partial charge < -0.3 is 16.0 Å². The molecule has 2 aromatic heterocycles. The van der Waals surface area contributed by atoms with Crippen molar-refractivity contribution >= 4 is 23.0 Å². The number of nitrogens with zero attached hydrogens (tertiary/aromatic N) is 2. The van der Waals surface area contributed by atoms with E-state index in [1.807, 2.05) is 30.5 Å². The van der Waals surface area contributed by atoms with Crippen LogP contribution in [0.25, 0.3) is 22.2 Å². The van der Waals surface area contributed by atoms with Crippen molar-refractivity contribution in [1.82, 2.24) is 15.3 Å². The molecular weight excluding hydrogens is 314 g/mol. The van der Waals surface area contributed by atoms with Crippen LogP contribution in [-0.2, 0) is 0 Å². The average Bonchev–Trinajstić information content (AvgIpc) is 3.13. The van der Waals surface area contributed by atoms with E-state index in [1.54, 1.807) is 37.7 Å². The monoisotopic (exact) mass is 333 g/mol. The second-order valence-electron chi connectivity index (χ2n) is 5.51. The van der Waals surface area contributed by atoms with Crippen molar-refractivity contribution in [2.75, 3.05) is 13.6 Å². The van der Waals surface area contributed by atoms with Gasteiger partial charge in [0.05, 0.1) is 12.2 Å². The normalized spacial score (nSPS) is 12.0. The van der Waals surface area contributed by atoms with Gasteiger partial charge in [-0.25, -0.2) is 0 Å². The highest BCUT2D eigenvalue weighted by Gasteiger charge is 2.09. The number of pyridine rings is 1. The van der Waals surface area contributed by atoms with Crippen LogP contribution in [0.2, 0.25) is 0 Å². The molecule has 6 nitrogen and oxygen atoms in total. The van der Waals surface area contributed by atoms with E-state index in [0.717, 1.165) is 22.2 Å². The van der Waals surface area contributed by atoms with Gasteiger partial charge in [0.2, 0.25) is 0 Å². The zero-order valence-electron chi connectivity index (χ0n) is 13.9. The van der Waals surface area contributed by atoms with Crippen LogP contribution in [0.5, 0.6) is 0 Å². The molecule has 0 saturated carbocycles. The molecule has 1 aromatic carbocycles. The first-order valence-corrected chi connectivity index (χ1v) is 7.86. The highest BCUT2D eigenvalue weighted by atomic mass is 16.1. The zero-order valence-corrected chi connectivity index (χ0v) is 13.9. The van der Waals surface area contributed by atoms with Gasteiger partial charge in [-0.2, -0.15) is 0 Å². The molecule has 0 aliphatic carbocycles. The van der Waals surface area contributed by atoms with Gasteiger partial charge >= 0.3 is 0 Å². The first-order valence-electron chi connectivity index (χ1n) is 7.86. The van der Waals surface area contributed by atoms with Crippen molar-refractivity contribution in [3.05, 3.63) is 66.1 Å². The van der Waals surface area contributed by atoms with Crippen LogP contribution in [0, 0.1) is 0 Å². The van der Waals surface area contributed by atoms with Crippen molar-refractivity contribution in [2.45, 2.75) is 0 Å². The number of aromatic amines is 1. The van der Waals surface area contributed by atoms with Crippen LogP contribution >= 0.6 is 0 Å². The van der Waals surface area contributed by atoms with Crippen LogP contribution in [0.3, 0.4) is 0 Å². The van der Waals surface area contributed by atoms with Crippen LogP contribution in [0.1, 0.15) is 10.4 Å². The SMILES string of the molecule is CN=CC=C(N)CNC(=O)c1ccc(-c2nccc3[nH]ccc23)cc1. The minimum Gasteiger partial charge on any atom is -0.401 e. The minimum atomic E-state index is -0.177. The average molecular weight is 333 g/mol. The summed E-state index contributed by atoms with van der Waals surface area (Å²) in [6.45, 7) is 0.275. The number of aliphatic imine (C=N–C) groups is 1. The molecule has 0 bridgehead atoms. The van der Waals surface area contributed by atoms with E-state index >= 15 is 0 Å². The summed E-state index contributed by atoms with van der Waals surface area (Å²) in [5.41, 5.74) is 9.76. The topological polar surface area (TPSA) is 96.2 Å². The third-order valence-electron chi connectivity index (χ3n) is 3.79. The van der Waals surface area contributed by atoms with Gasteiger partial charge in [0.1, 0.15) is 0 Å². The van der Waals surface area contributed by atoms with Gasteiger partial charge in [-0.1, -0.05) is 12.1 Å². The number of carbonyl (C=O) groups is 1. The van der Waals surface area contributed by atoms with Crippen LogP contribution in [-0.4, -0.2) is 35.7 Å². The number of H-pyrrole nitrogens is 1. The quantitative estimate of drug-likeness (QED) is 0.626. The number of amides is 1. The first-order chi connectivity index (χ1) is 12.2. The molecule has 0 saturated heterocycles. The van der Waals surface area contributed by atoms with Crippen molar-refractivity contribution in [3.8, 4) is 11.3 Å². The predicted octanol–water partition coefficient (Wildman–Crippen LogP) is 2.50. The van der Waals surface area contributed by atoms with E-state index in [9.17, 15) is 4.79 Å². The Bertz CT molecular complexity index is 938. The molecule has 0 radical (unpaired) electrons. The third kappa shape index (κ3) is 3.74. The zero-order chi connectivity index (χ0) is 17.6. The van der Waals surface area contributed by atoms with E-state index in [0.29, 0.717) is 11.3 Å². The van der Waals surface area contributed by atoms with Gasteiger partial charge in [0.25, 0.3) is 5.91 Å². The first kappa shape index (κ1) is 16.4. The molecule has 0 spiro atoms. The van der Waals surface area contributed by atoms with E-state index in [2.05, 4.69) is 20.3 Å². The Labute approximate surface area is 145 Å². The van der Waals surface area contributed by atoms with Gasteiger partial charge in [-0.15, -0.1) is 0 Å². The fourth-order valence-corrected chi connectivity index (χ4v) is 2.51. The van der Waals surface area contributed by atoms with E-state index in [1.165, 1.54) is 0 Å². The van der Waals surface area contributed by atoms with Crippen molar-refractivity contribution in [3.63, 3.8) is 0 Å². The highest BCUT2D eigenvalue weighted by molar-refractivity contribution is 5.96. The Morgan fingerprint density at radius 3 is 2.84 bits per heavy atom. The van der Waals surface area contributed by atoms with E-state index < -0.39 is 0 Å². The maximum absolute atomic E-state index is 12.2. The van der Waals surface area contributed by atoms with Crippen molar-refractivity contribution in [1.29, 1.82) is 0 Å². The number of hydrogen-bond donors (Lipinski definition) is 3. The molecule has 126 valence electrons. The van der Waals surface area contributed by atoms with Gasteiger partial charge in [0.15, 0.2) is 0 Å². The Morgan fingerprint density at radius 1 is 1.28 bits per heavy atom. The summed E-state index contributed by atoms with van der Waals surface area (Å²) in [7, 11) is 1.66. The lowest BCUT2D eigenvalue weighted by Crippen LogP contribution is -2.27. The fraction of sp³-hybridized carbons (Fsp3) is 0.105. The maximum atomic E-state index is 12.2. The summed E-state index contributed by atoms with van der Waals surface area (Å²) >= 11 is 0. The number of aromatic nitrogens is 2. The third-order valence-corrected chi connectivity index (χ3v) is 3.79. The molecular formula is C19H19N5O. The van der Waals surface area contributed by atoms with Crippen LogP contribution in [0.4, 0.5) is 0 Å². The van der Waals surface area contributed by atoms with Crippen molar-refractivity contribution < 1.29 is 4.79 Å². The molecule has 0 unspecified atom stereocenters. The van der Waals surface area contributed by atoms with Crippen LogP contribution < -0.4 is 11.1 Å². The summed E-state index contributed by atoms with van der Waals surface area (Å²) in [5.74, 6) is -0.177. The number of hydrogen-bond acceptors (Lipinski definition) is 4. The Kier molecular flexibility index (Phi) is 4.89. The smallest absolute Gasteiger partial charge is 0.251 e. The predicted molar refractivity (Wildman–Crippen MR) is 101 cm³/mol. The minimum absolute atomic E-state index is 0.177. The van der Waals surface area contributed by atoms with E-state index in [4.69, 9.17) is 5.73 Å². The fourth-order valence-electron chi connectivity index (χ4n) is 2.51. The Balaban J connectivity index is 1.74. The molecule has 4 N–H and O–H groups in total. The number of carbonyl (C=O) groups excluding carboxylic acids is 1. The molecule has 6 heteroatoms. The summed E-state index contributed by atoms with van der Waals surface area (Å²) in [5, 5.41) is 3.83. The molecule has 2 heterocycles. The number of allylic oxidation sites excluding steroid dienone is 1. The number of benzene rings is 1. The molecule has 0 aliphatic heterocycles. The van der Waals surface area contributed by atoms with Crippen LogP contribution in [0.15, 0.2) is 65.6 Å². The largest absolute Gasteiger partial charge is 0.401 e. The van der Waals surface area contributed by atoms with Crippen molar-refractivity contribution in [2.24, 2.45) is 10.7 Å². The lowest BCUT2D eigenvalue weighted by Gasteiger charge is -2.07. The molecule has 3 rings (SSSR count). The Morgan fingerprint density at radius 2 is 2.08 bits per heavy atom. The standard InChI is InChI=1S/C19H19N5O/c1-21-9-6-15(20)12-24-19(25)14-4-2-13(3-5-14)18-16-7-10-22-17(16)8-11-23-18/h2-11,22H,12,20H2,1H3,(H,24,25). The summed E-state index contributed by atoms with van der Waals surface area (Å²) < 4.78 is 0. The van der Waals surface area contributed by atoms with Gasteiger partial charge in [-0.05, 0) is 30.3 Å². The second kappa shape index (κ2) is 7.44. The second-order valence-corrected chi connectivity index (χ2v) is 5.51. The lowest BCUT2D eigenvalue weighted by molar-refractivity contribution is 0.0957. The van der Waals surface area contributed by atoms with Gasteiger partial charge in [0, 0.05) is 53.4 Å². The molecule has 25 heavy (non-hydrogen) atoms. The maximum Gasteiger partial charge on any atom is 0.251 e. The summed E-state index contributed by atoms with van der Waals surface area (Å²) in [6.07, 6.45) is 6.90.